The van der Waals surface area contributed by atoms with Crippen LogP contribution in [0.3, 0.4) is 0 Å². The SMILES string of the molecule is CC1CC(c2ccn(O)n2)CCN1C(=O)OC(C)(C)C. The number of hydrogen-bond acceptors (Lipinski definition) is 4. The van der Waals surface area contributed by atoms with Gasteiger partial charge in [0.1, 0.15) is 5.60 Å². The van der Waals surface area contributed by atoms with E-state index in [1.54, 1.807) is 4.90 Å². The van der Waals surface area contributed by atoms with Gasteiger partial charge >= 0.3 is 6.09 Å². The summed E-state index contributed by atoms with van der Waals surface area (Å²) in [6.45, 7) is 8.29. The summed E-state index contributed by atoms with van der Waals surface area (Å²) in [6, 6.07) is 1.92. The molecule has 2 heterocycles. The normalized spacial score (nSPS) is 23.7. The highest BCUT2D eigenvalue weighted by atomic mass is 16.6. The third kappa shape index (κ3) is 3.43. The number of hydrogen-bond donors (Lipinski definition) is 1. The summed E-state index contributed by atoms with van der Waals surface area (Å²) in [5.74, 6) is 0.275. The molecule has 112 valence electrons. The van der Waals surface area contributed by atoms with E-state index in [0.29, 0.717) is 6.54 Å². The maximum atomic E-state index is 12.1. The minimum Gasteiger partial charge on any atom is -0.444 e. The fraction of sp³-hybridized carbons (Fsp3) is 0.714. The van der Waals surface area contributed by atoms with Gasteiger partial charge in [-0.25, -0.2) is 4.79 Å². The molecule has 0 saturated carbocycles. The van der Waals surface area contributed by atoms with Crippen LogP contribution in [0.2, 0.25) is 0 Å². The molecule has 6 nitrogen and oxygen atoms in total. The number of rotatable bonds is 1. The van der Waals surface area contributed by atoms with Gasteiger partial charge in [-0.15, -0.1) is 9.94 Å². The highest BCUT2D eigenvalue weighted by molar-refractivity contribution is 5.68. The Labute approximate surface area is 119 Å². The van der Waals surface area contributed by atoms with Crippen molar-refractivity contribution in [3.63, 3.8) is 0 Å². The molecule has 0 radical (unpaired) electrons. The van der Waals surface area contributed by atoms with Crippen LogP contribution in [0.25, 0.3) is 0 Å². The zero-order chi connectivity index (χ0) is 14.9. The molecule has 0 bridgehead atoms. The van der Waals surface area contributed by atoms with Gasteiger partial charge in [0.05, 0.1) is 11.9 Å². The summed E-state index contributed by atoms with van der Waals surface area (Å²) in [5.41, 5.74) is 0.409. The first-order valence-corrected chi connectivity index (χ1v) is 7.00. The molecule has 0 aliphatic carbocycles. The van der Waals surface area contributed by atoms with Gasteiger partial charge in [0, 0.05) is 18.5 Å². The Hall–Kier alpha value is -1.72. The van der Waals surface area contributed by atoms with Crippen molar-refractivity contribution in [2.45, 2.75) is 58.1 Å². The summed E-state index contributed by atoms with van der Waals surface area (Å²) in [4.78, 5) is 14.7. The Kier molecular flexibility index (Phi) is 3.92. The minimum atomic E-state index is -0.469. The van der Waals surface area contributed by atoms with Crippen molar-refractivity contribution >= 4 is 6.09 Å². The molecule has 6 heteroatoms. The molecule has 1 saturated heterocycles. The van der Waals surface area contributed by atoms with E-state index in [4.69, 9.17) is 4.74 Å². The quantitative estimate of drug-likeness (QED) is 0.803. The monoisotopic (exact) mass is 281 g/mol. The van der Waals surface area contributed by atoms with Gasteiger partial charge in [0.15, 0.2) is 0 Å². The van der Waals surface area contributed by atoms with Crippen molar-refractivity contribution in [2.24, 2.45) is 0 Å². The van der Waals surface area contributed by atoms with Gasteiger partial charge in [-0.1, -0.05) is 0 Å². The molecular formula is C14H23N3O3. The fourth-order valence-corrected chi connectivity index (χ4v) is 2.58. The number of amides is 1. The standard InChI is InChI=1S/C14H23N3O3/c1-10-9-11(12-6-8-17(19)15-12)5-7-16(10)13(18)20-14(2,3)4/h6,8,10-11,19H,5,7,9H2,1-4H3. The van der Waals surface area contributed by atoms with Gasteiger partial charge in [0.2, 0.25) is 0 Å². The van der Waals surface area contributed by atoms with Gasteiger partial charge in [-0.3, -0.25) is 0 Å². The lowest BCUT2D eigenvalue weighted by Gasteiger charge is -2.37. The van der Waals surface area contributed by atoms with E-state index < -0.39 is 5.60 Å². The van der Waals surface area contributed by atoms with E-state index in [-0.39, 0.29) is 18.1 Å². The van der Waals surface area contributed by atoms with Crippen molar-refractivity contribution in [3.8, 4) is 0 Å². The van der Waals surface area contributed by atoms with Crippen LogP contribution in [0.4, 0.5) is 4.79 Å². The molecule has 20 heavy (non-hydrogen) atoms. The molecule has 1 aliphatic heterocycles. The Morgan fingerprint density at radius 2 is 2.20 bits per heavy atom. The number of aromatic nitrogens is 2. The number of likely N-dealkylation sites (tertiary alicyclic amines) is 1. The molecule has 0 spiro atoms. The number of ether oxygens (including phenoxy) is 1. The predicted octanol–water partition coefficient (Wildman–Crippen LogP) is 2.62. The van der Waals surface area contributed by atoms with E-state index in [0.717, 1.165) is 23.4 Å². The van der Waals surface area contributed by atoms with Gasteiger partial charge in [-0.2, -0.15) is 0 Å². The van der Waals surface area contributed by atoms with Crippen LogP contribution >= 0.6 is 0 Å². The van der Waals surface area contributed by atoms with Crippen LogP contribution in [0.15, 0.2) is 12.3 Å². The fourth-order valence-electron chi connectivity index (χ4n) is 2.58. The minimum absolute atomic E-state index is 0.104. The van der Waals surface area contributed by atoms with Crippen LogP contribution in [0, 0.1) is 0 Å². The highest BCUT2D eigenvalue weighted by Gasteiger charge is 2.33. The topological polar surface area (TPSA) is 67.6 Å². The van der Waals surface area contributed by atoms with Crippen LogP contribution in [-0.4, -0.2) is 44.3 Å². The maximum absolute atomic E-state index is 12.1. The number of nitrogens with zero attached hydrogens (tertiary/aromatic N) is 3. The maximum Gasteiger partial charge on any atom is 0.410 e. The first-order valence-electron chi connectivity index (χ1n) is 7.00. The van der Waals surface area contributed by atoms with Crippen LogP contribution in [-0.2, 0) is 4.74 Å². The van der Waals surface area contributed by atoms with Crippen molar-refractivity contribution in [1.29, 1.82) is 0 Å². The molecule has 2 unspecified atom stereocenters. The lowest BCUT2D eigenvalue weighted by molar-refractivity contribution is 0.0101. The number of carbonyl (C=O) groups is 1. The number of piperidine rings is 1. The smallest absolute Gasteiger partial charge is 0.410 e. The molecule has 1 aliphatic rings. The first kappa shape index (κ1) is 14.7. The molecule has 2 rings (SSSR count). The Morgan fingerprint density at radius 3 is 2.70 bits per heavy atom. The molecule has 1 amide bonds. The first-order chi connectivity index (χ1) is 9.26. The van der Waals surface area contributed by atoms with Crippen LogP contribution in [0.5, 0.6) is 0 Å². The second kappa shape index (κ2) is 5.34. The zero-order valence-corrected chi connectivity index (χ0v) is 12.5. The summed E-state index contributed by atoms with van der Waals surface area (Å²) < 4.78 is 5.42. The predicted molar refractivity (Wildman–Crippen MR) is 73.8 cm³/mol. The van der Waals surface area contributed by atoms with Gasteiger partial charge in [0.25, 0.3) is 0 Å². The largest absolute Gasteiger partial charge is 0.444 e. The average molecular weight is 281 g/mol. The Bertz CT molecular complexity index is 478. The Balaban J connectivity index is 1.97. The van der Waals surface area contributed by atoms with E-state index in [1.807, 2.05) is 33.8 Å². The molecule has 0 aromatic carbocycles. The lowest BCUT2D eigenvalue weighted by Crippen LogP contribution is -2.46. The van der Waals surface area contributed by atoms with E-state index in [1.165, 1.54) is 6.20 Å². The highest BCUT2D eigenvalue weighted by Crippen LogP contribution is 2.31. The lowest BCUT2D eigenvalue weighted by atomic mass is 9.89. The zero-order valence-electron chi connectivity index (χ0n) is 12.5. The van der Waals surface area contributed by atoms with Crippen LogP contribution < -0.4 is 0 Å². The number of carbonyl (C=O) groups excluding carboxylic acids is 1. The van der Waals surface area contributed by atoms with Crippen molar-refractivity contribution < 1.29 is 14.7 Å². The molecule has 2 atom stereocenters. The average Bonchev–Trinajstić information content (AvgIpc) is 2.73. The summed E-state index contributed by atoms with van der Waals surface area (Å²) >= 11 is 0. The van der Waals surface area contributed by atoms with Crippen molar-refractivity contribution in [3.05, 3.63) is 18.0 Å². The molecule has 1 N–H and O–H groups in total. The summed E-state index contributed by atoms with van der Waals surface area (Å²) in [5, 5.41) is 13.3. The van der Waals surface area contributed by atoms with Crippen molar-refractivity contribution in [1.82, 2.24) is 14.8 Å². The molecular weight excluding hydrogens is 258 g/mol. The second-order valence-corrected chi connectivity index (χ2v) is 6.41. The molecule has 1 aromatic heterocycles. The summed E-state index contributed by atoms with van der Waals surface area (Å²) in [7, 11) is 0. The third-order valence-corrected chi connectivity index (χ3v) is 3.52. The van der Waals surface area contributed by atoms with E-state index in [2.05, 4.69) is 5.10 Å². The second-order valence-electron chi connectivity index (χ2n) is 6.41. The van der Waals surface area contributed by atoms with E-state index >= 15 is 0 Å². The summed E-state index contributed by atoms with van der Waals surface area (Å²) in [6.07, 6.45) is 2.94. The third-order valence-electron chi connectivity index (χ3n) is 3.52. The van der Waals surface area contributed by atoms with Gasteiger partial charge in [-0.05, 0) is 46.6 Å². The van der Waals surface area contributed by atoms with Crippen LogP contribution in [0.1, 0.15) is 52.1 Å². The van der Waals surface area contributed by atoms with Crippen molar-refractivity contribution in [2.75, 3.05) is 6.54 Å². The molecule has 1 fully saturated rings. The van der Waals surface area contributed by atoms with E-state index in [9.17, 15) is 10.0 Å². The van der Waals surface area contributed by atoms with Gasteiger partial charge < -0.3 is 14.8 Å². The molecule has 1 aromatic rings. The Morgan fingerprint density at radius 1 is 1.50 bits per heavy atom.